The van der Waals surface area contributed by atoms with Gasteiger partial charge in [0.25, 0.3) is 5.91 Å². The van der Waals surface area contributed by atoms with Gasteiger partial charge in [-0.1, -0.05) is 11.6 Å². The molecule has 1 N–H and O–H groups in total. The number of rotatable bonds is 5. The smallest absolute Gasteiger partial charge is 0.271 e. The first-order chi connectivity index (χ1) is 20.3. The quantitative estimate of drug-likeness (QED) is 0.329. The van der Waals surface area contributed by atoms with Gasteiger partial charge >= 0.3 is 0 Å². The first-order valence-electron chi connectivity index (χ1n) is 13.7. The van der Waals surface area contributed by atoms with Gasteiger partial charge in [0.2, 0.25) is 0 Å². The molecule has 1 saturated heterocycles. The molecule has 5 aromatic heterocycles. The molecular formula is C30H27ClN10O. The van der Waals surface area contributed by atoms with E-state index in [1.54, 1.807) is 52.3 Å². The van der Waals surface area contributed by atoms with E-state index in [4.69, 9.17) is 21.6 Å². The van der Waals surface area contributed by atoms with Gasteiger partial charge in [-0.05, 0) is 49.8 Å². The Hall–Kier alpha value is -4.82. The molecule has 0 unspecified atom stereocenters. The van der Waals surface area contributed by atoms with Crippen LogP contribution in [0.2, 0.25) is 5.02 Å². The maximum Gasteiger partial charge on any atom is 0.271 e. The molecule has 11 nitrogen and oxygen atoms in total. The van der Waals surface area contributed by atoms with Crippen LogP contribution >= 0.6 is 11.6 Å². The molecule has 1 aliphatic heterocycles. The van der Waals surface area contributed by atoms with Gasteiger partial charge in [0.1, 0.15) is 17.6 Å². The molecule has 1 amide bonds. The first-order valence-corrected chi connectivity index (χ1v) is 14.1. The number of amides is 1. The average Bonchev–Trinajstić information content (AvgIpc) is 3.75. The molecule has 2 aliphatic rings. The maximum absolute atomic E-state index is 12.9. The maximum atomic E-state index is 12.9. The second-order valence-corrected chi connectivity index (χ2v) is 11.9. The third kappa shape index (κ3) is 4.54. The summed E-state index contributed by atoms with van der Waals surface area (Å²) in [5, 5.41) is 22.0. The van der Waals surface area contributed by atoms with Crippen molar-refractivity contribution in [2.24, 2.45) is 18.9 Å². The molecule has 3 atom stereocenters. The summed E-state index contributed by atoms with van der Waals surface area (Å²) in [5.41, 5.74) is 4.40. The van der Waals surface area contributed by atoms with E-state index in [0.29, 0.717) is 33.6 Å². The van der Waals surface area contributed by atoms with Crippen molar-refractivity contribution < 1.29 is 4.79 Å². The zero-order valence-electron chi connectivity index (χ0n) is 23.1. The Kier molecular flexibility index (Phi) is 6.17. The lowest BCUT2D eigenvalue weighted by Gasteiger charge is -2.28. The van der Waals surface area contributed by atoms with Crippen LogP contribution in [0.4, 0.5) is 5.82 Å². The summed E-state index contributed by atoms with van der Waals surface area (Å²) < 4.78 is 3.46. The number of nitriles is 1. The van der Waals surface area contributed by atoms with Gasteiger partial charge in [0, 0.05) is 61.0 Å². The van der Waals surface area contributed by atoms with Crippen LogP contribution in [0.25, 0.3) is 27.9 Å². The third-order valence-corrected chi connectivity index (χ3v) is 8.70. The molecule has 42 heavy (non-hydrogen) atoms. The zero-order valence-corrected chi connectivity index (χ0v) is 23.8. The van der Waals surface area contributed by atoms with Crippen molar-refractivity contribution in [3.63, 3.8) is 0 Å². The highest BCUT2D eigenvalue weighted by atomic mass is 35.5. The Balaban J connectivity index is 1.09. The Bertz CT molecular complexity index is 1860. The standard InChI is InChI=1S/C30H27ClN10O/c1-30(38-29(42)27-24(31)4-3-5-33-27)7-19-15-40(16-20(19)8-30)26-13-34-25(12-35-26)23-6-18(22-11-36-39(2)14-22)17-41-28(23)21(9-32)10-37-41/h3-6,10-14,17,19-20H,7-8,15-16H2,1-2H3,(H,38,42)/t19-,20+,30-. The molecule has 1 aliphatic carbocycles. The predicted octanol–water partition coefficient (Wildman–Crippen LogP) is 4.15. The first kappa shape index (κ1) is 26.1. The van der Waals surface area contributed by atoms with Crippen LogP contribution in [0.15, 0.2) is 61.6 Å². The van der Waals surface area contributed by atoms with Gasteiger partial charge < -0.3 is 10.2 Å². The number of halogens is 1. The molecule has 1 saturated carbocycles. The number of nitrogens with zero attached hydrogens (tertiary/aromatic N) is 9. The number of pyridine rings is 2. The van der Waals surface area contributed by atoms with E-state index < -0.39 is 0 Å². The Morgan fingerprint density at radius 1 is 1.07 bits per heavy atom. The fourth-order valence-corrected chi connectivity index (χ4v) is 6.77. The predicted molar refractivity (Wildman–Crippen MR) is 157 cm³/mol. The van der Waals surface area contributed by atoms with E-state index in [0.717, 1.165) is 48.4 Å². The summed E-state index contributed by atoms with van der Waals surface area (Å²) in [4.78, 5) is 28.9. The summed E-state index contributed by atoms with van der Waals surface area (Å²) in [6, 6.07) is 7.64. The SMILES string of the molecule is Cn1cc(-c2cc(-c3cnc(N4C[C@@H]5C[C@](C)(NC(=O)c6ncccc6Cl)C[C@@H]5C4)cn3)c3c(C#N)cnn3c2)cn1. The normalized spacial score (nSPS) is 21.4. The second kappa shape index (κ2) is 9.92. The Morgan fingerprint density at radius 2 is 1.88 bits per heavy atom. The molecule has 210 valence electrons. The molecule has 5 aromatic rings. The van der Waals surface area contributed by atoms with Crippen molar-refractivity contribution in [2.75, 3.05) is 18.0 Å². The summed E-state index contributed by atoms with van der Waals surface area (Å²) in [6.45, 7) is 3.79. The van der Waals surface area contributed by atoms with Crippen molar-refractivity contribution >= 4 is 28.8 Å². The van der Waals surface area contributed by atoms with Crippen molar-refractivity contribution in [3.8, 4) is 28.5 Å². The number of carbonyl (C=O) groups is 1. The van der Waals surface area contributed by atoms with E-state index >= 15 is 0 Å². The average molecular weight is 579 g/mol. The van der Waals surface area contributed by atoms with E-state index in [1.165, 1.54) is 0 Å². The van der Waals surface area contributed by atoms with Gasteiger partial charge in [-0.3, -0.25) is 14.5 Å². The van der Waals surface area contributed by atoms with Gasteiger partial charge in [-0.15, -0.1) is 0 Å². The van der Waals surface area contributed by atoms with Crippen LogP contribution in [-0.4, -0.2) is 58.9 Å². The summed E-state index contributed by atoms with van der Waals surface area (Å²) in [6.07, 6.45) is 14.1. The van der Waals surface area contributed by atoms with Crippen molar-refractivity contribution in [1.29, 1.82) is 5.26 Å². The summed E-state index contributed by atoms with van der Waals surface area (Å²) >= 11 is 6.19. The van der Waals surface area contributed by atoms with E-state index in [-0.39, 0.29) is 17.1 Å². The lowest BCUT2D eigenvalue weighted by molar-refractivity contribution is 0.0900. The van der Waals surface area contributed by atoms with Crippen molar-refractivity contribution in [2.45, 2.75) is 25.3 Å². The largest absolute Gasteiger partial charge is 0.355 e. The van der Waals surface area contributed by atoms with Crippen molar-refractivity contribution in [3.05, 3.63) is 77.9 Å². The highest BCUT2D eigenvalue weighted by molar-refractivity contribution is 6.33. The van der Waals surface area contributed by atoms with E-state index in [1.807, 2.05) is 25.5 Å². The van der Waals surface area contributed by atoms with Crippen LogP contribution in [0.3, 0.4) is 0 Å². The van der Waals surface area contributed by atoms with Crippen LogP contribution in [0.1, 0.15) is 35.8 Å². The van der Waals surface area contributed by atoms with Crippen LogP contribution in [-0.2, 0) is 7.05 Å². The Morgan fingerprint density at radius 3 is 2.55 bits per heavy atom. The molecule has 7 rings (SSSR count). The van der Waals surface area contributed by atoms with Crippen molar-refractivity contribution in [1.82, 2.24) is 39.7 Å². The molecule has 0 spiro atoms. The fourth-order valence-electron chi connectivity index (χ4n) is 6.57. The number of hydrogen-bond donors (Lipinski definition) is 1. The number of aryl methyl sites for hydroxylation is 1. The molecule has 0 bridgehead atoms. The number of anilines is 1. The van der Waals surface area contributed by atoms with Gasteiger partial charge in [0.15, 0.2) is 0 Å². The lowest BCUT2D eigenvalue weighted by Crippen LogP contribution is -2.45. The highest BCUT2D eigenvalue weighted by Gasteiger charge is 2.48. The number of hydrogen-bond acceptors (Lipinski definition) is 8. The highest BCUT2D eigenvalue weighted by Crippen LogP contribution is 2.45. The summed E-state index contributed by atoms with van der Waals surface area (Å²) in [5.74, 6) is 1.43. The molecular weight excluding hydrogens is 552 g/mol. The van der Waals surface area contributed by atoms with Crippen LogP contribution in [0.5, 0.6) is 0 Å². The molecule has 0 aromatic carbocycles. The lowest BCUT2D eigenvalue weighted by atomic mass is 9.97. The molecule has 6 heterocycles. The third-order valence-electron chi connectivity index (χ3n) is 8.40. The van der Waals surface area contributed by atoms with Gasteiger partial charge in [-0.25, -0.2) is 14.5 Å². The minimum absolute atomic E-state index is 0.235. The fraction of sp³-hybridized carbons (Fsp3) is 0.300. The number of nitrogens with one attached hydrogen (secondary N) is 1. The van der Waals surface area contributed by atoms with E-state index in [9.17, 15) is 10.1 Å². The minimum Gasteiger partial charge on any atom is -0.355 e. The molecule has 2 fully saturated rings. The van der Waals surface area contributed by atoms with Gasteiger partial charge in [0.05, 0.1) is 46.6 Å². The monoisotopic (exact) mass is 578 g/mol. The Labute approximate surface area is 246 Å². The number of carbonyl (C=O) groups excluding carboxylic acids is 1. The molecule has 0 radical (unpaired) electrons. The minimum atomic E-state index is -0.316. The van der Waals surface area contributed by atoms with Crippen LogP contribution < -0.4 is 10.2 Å². The van der Waals surface area contributed by atoms with Gasteiger partial charge in [-0.2, -0.15) is 15.5 Å². The number of aromatic nitrogens is 7. The second-order valence-electron chi connectivity index (χ2n) is 11.5. The topological polar surface area (TPSA) is 130 Å². The van der Waals surface area contributed by atoms with Crippen LogP contribution in [0, 0.1) is 23.2 Å². The zero-order chi connectivity index (χ0) is 29.0. The molecule has 12 heteroatoms. The number of fused-ring (bicyclic) bond motifs is 2. The summed E-state index contributed by atoms with van der Waals surface area (Å²) in [7, 11) is 1.87. The van der Waals surface area contributed by atoms with E-state index in [2.05, 4.69) is 38.4 Å².